The minimum atomic E-state index is -0.342. The Morgan fingerprint density at radius 1 is 1.16 bits per heavy atom. The van der Waals surface area contributed by atoms with Crippen molar-refractivity contribution in [1.82, 2.24) is 10.2 Å². The number of hydrogen-bond acceptors (Lipinski definition) is 3. The molecule has 3 aromatic rings. The first-order valence-corrected chi connectivity index (χ1v) is 7.80. The highest BCUT2D eigenvalue weighted by atomic mass is 19.1. The van der Waals surface area contributed by atoms with Gasteiger partial charge in [-0.15, -0.1) is 0 Å². The van der Waals surface area contributed by atoms with Crippen LogP contribution in [0.4, 0.5) is 10.1 Å². The van der Waals surface area contributed by atoms with Crippen LogP contribution in [0.2, 0.25) is 0 Å². The lowest BCUT2D eigenvalue weighted by Gasteiger charge is -2.07. The molecule has 0 aliphatic carbocycles. The van der Waals surface area contributed by atoms with E-state index in [-0.39, 0.29) is 18.1 Å². The third-order valence-electron chi connectivity index (χ3n) is 3.90. The van der Waals surface area contributed by atoms with Crippen LogP contribution in [0.25, 0.3) is 11.3 Å². The second-order valence-corrected chi connectivity index (χ2v) is 5.64. The van der Waals surface area contributed by atoms with Gasteiger partial charge in [-0.25, -0.2) is 4.39 Å². The van der Waals surface area contributed by atoms with Crippen LogP contribution >= 0.6 is 0 Å². The molecule has 0 saturated heterocycles. The van der Waals surface area contributed by atoms with Gasteiger partial charge in [0.05, 0.1) is 19.2 Å². The molecule has 1 heterocycles. The van der Waals surface area contributed by atoms with E-state index in [1.165, 1.54) is 24.3 Å². The maximum atomic E-state index is 12.9. The fourth-order valence-corrected chi connectivity index (χ4v) is 2.56. The Kier molecular flexibility index (Phi) is 4.79. The zero-order valence-corrected chi connectivity index (χ0v) is 14.0. The first-order chi connectivity index (χ1) is 12.1. The van der Waals surface area contributed by atoms with Crippen LogP contribution in [-0.4, -0.2) is 23.2 Å². The van der Waals surface area contributed by atoms with Crippen LogP contribution in [0.3, 0.4) is 0 Å². The summed E-state index contributed by atoms with van der Waals surface area (Å²) in [6.07, 6.45) is 0.168. The highest BCUT2D eigenvalue weighted by Crippen LogP contribution is 2.26. The van der Waals surface area contributed by atoms with Crippen LogP contribution in [0.1, 0.15) is 11.3 Å². The van der Waals surface area contributed by atoms with Gasteiger partial charge in [0, 0.05) is 22.5 Å². The van der Waals surface area contributed by atoms with Crippen molar-refractivity contribution in [1.29, 1.82) is 0 Å². The van der Waals surface area contributed by atoms with E-state index in [1.807, 2.05) is 31.2 Å². The molecule has 0 bridgehead atoms. The number of anilines is 1. The number of amides is 1. The Labute approximate surface area is 144 Å². The first-order valence-electron chi connectivity index (χ1n) is 7.80. The van der Waals surface area contributed by atoms with E-state index in [2.05, 4.69) is 15.5 Å². The summed E-state index contributed by atoms with van der Waals surface area (Å²) in [4.78, 5) is 12.3. The topological polar surface area (TPSA) is 67.0 Å². The second kappa shape index (κ2) is 7.17. The number of nitrogens with zero attached hydrogens (tertiary/aromatic N) is 1. The molecule has 2 N–H and O–H groups in total. The molecule has 0 atom stereocenters. The minimum absolute atomic E-state index is 0.168. The Bertz CT molecular complexity index is 871. The number of benzene rings is 2. The van der Waals surface area contributed by atoms with Gasteiger partial charge >= 0.3 is 0 Å². The molecule has 0 saturated carbocycles. The Balaban J connectivity index is 1.79. The average Bonchev–Trinajstić information content (AvgIpc) is 2.98. The van der Waals surface area contributed by atoms with Crippen LogP contribution in [-0.2, 0) is 11.2 Å². The van der Waals surface area contributed by atoms with Crippen molar-refractivity contribution >= 4 is 11.6 Å². The van der Waals surface area contributed by atoms with Gasteiger partial charge in [-0.1, -0.05) is 0 Å². The van der Waals surface area contributed by atoms with E-state index in [0.717, 1.165) is 28.3 Å². The van der Waals surface area contributed by atoms with Crippen molar-refractivity contribution < 1.29 is 13.9 Å². The van der Waals surface area contributed by atoms with Crippen LogP contribution in [0.5, 0.6) is 5.75 Å². The lowest BCUT2D eigenvalue weighted by atomic mass is 10.0. The number of carbonyl (C=O) groups is 1. The number of aromatic amines is 1. The number of aromatic nitrogens is 2. The second-order valence-electron chi connectivity index (χ2n) is 5.64. The molecule has 1 amide bonds. The molecule has 3 rings (SSSR count). The predicted molar refractivity (Wildman–Crippen MR) is 94.0 cm³/mol. The van der Waals surface area contributed by atoms with Gasteiger partial charge in [0.2, 0.25) is 5.91 Å². The summed E-state index contributed by atoms with van der Waals surface area (Å²) < 4.78 is 18.1. The quantitative estimate of drug-likeness (QED) is 0.744. The van der Waals surface area contributed by atoms with E-state index in [0.29, 0.717) is 5.69 Å². The van der Waals surface area contributed by atoms with E-state index >= 15 is 0 Å². The molecule has 0 aliphatic rings. The number of methoxy groups -OCH3 is 1. The summed E-state index contributed by atoms with van der Waals surface area (Å²) in [5.74, 6) is 0.225. The van der Waals surface area contributed by atoms with E-state index < -0.39 is 0 Å². The van der Waals surface area contributed by atoms with E-state index in [4.69, 9.17) is 4.74 Å². The summed E-state index contributed by atoms with van der Waals surface area (Å²) in [5, 5.41) is 10.0. The molecule has 128 valence electrons. The van der Waals surface area contributed by atoms with Crippen molar-refractivity contribution in [2.45, 2.75) is 13.3 Å². The number of rotatable bonds is 5. The van der Waals surface area contributed by atoms with Gasteiger partial charge in [-0.3, -0.25) is 9.89 Å². The number of ether oxygens (including phenoxy) is 1. The molecule has 0 aliphatic heterocycles. The summed E-state index contributed by atoms with van der Waals surface area (Å²) >= 11 is 0. The van der Waals surface area contributed by atoms with Gasteiger partial charge in [0.15, 0.2) is 0 Å². The van der Waals surface area contributed by atoms with Crippen molar-refractivity contribution in [3.63, 3.8) is 0 Å². The monoisotopic (exact) mass is 339 g/mol. The molecule has 2 aromatic carbocycles. The number of H-pyrrole nitrogens is 1. The zero-order chi connectivity index (χ0) is 17.8. The molecular weight excluding hydrogens is 321 g/mol. The smallest absolute Gasteiger partial charge is 0.228 e. The fraction of sp³-hybridized carbons (Fsp3) is 0.158. The number of hydrogen-bond donors (Lipinski definition) is 2. The third kappa shape index (κ3) is 3.85. The minimum Gasteiger partial charge on any atom is -0.497 e. The summed E-state index contributed by atoms with van der Waals surface area (Å²) in [6.45, 7) is 1.88. The Hall–Kier alpha value is -3.15. The highest BCUT2D eigenvalue weighted by Gasteiger charge is 2.16. The van der Waals surface area contributed by atoms with E-state index in [1.54, 1.807) is 7.11 Å². The van der Waals surface area contributed by atoms with Gasteiger partial charge in [-0.2, -0.15) is 5.10 Å². The molecule has 0 spiro atoms. The van der Waals surface area contributed by atoms with Crippen molar-refractivity contribution in [2.75, 3.05) is 12.4 Å². The Morgan fingerprint density at radius 2 is 1.84 bits per heavy atom. The van der Waals surface area contributed by atoms with Gasteiger partial charge in [0.1, 0.15) is 11.6 Å². The van der Waals surface area contributed by atoms with Gasteiger partial charge in [-0.05, 0) is 55.5 Å². The predicted octanol–water partition coefficient (Wildman–Crippen LogP) is 3.71. The largest absolute Gasteiger partial charge is 0.497 e. The van der Waals surface area contributed by atoms with Crippen molar-refractivity contribution in [3.8, 4) is 17.0 Å². The number of halogens is 1. The van der Waals surface area contributed by atoms with Gasteiger partial charge in [0.25, 0.3) is 0 Å². The molecule has 5 nitrogen and oxygen atoms in total. The summed E-state index contributed by atoms with van der Waals surface area (Å²) in [5.41, 5.74) is 3.84. The SMILES string of the molecule is COc1ccc(-c2n[nH]c(C)c2CC(=O)Nc2ccc(F)cc2)cc1. The number of aryl methyl sites for hydroxylation is 1. The molecule has 0 radical (unpaired) electrons. The number of carbonyl (C=O) groups excluding carboxylic acids is 1. The highest BCUT2D eigenvalue weighted by molar-refractivity contribution is 5.93. The zero-order valence-electron chi connectivity index (χ0n) is 14.0. The number of nitrogens with one attached hydrogen (secondary N) is 2. The summed E-state index contributed by atoms with van der Waals surface area (Å²) in [7, 11) is 1.61. The average molecular weight is 339 g/mol. The van der Waals surface area contributed by atoms with E-state index in [9.17, 15) is 9.18 Å². The van der Waals surface area contributed by atoms with Crippen LogP contribution in [0.15, 0.2) is 48.5 Å². The van der Waals surface area contributed by atoms with Crippen LogP contribution < -0.4 is 10.1 Å². The maximum Gasteiger partial charge on any atom is 0.228 e. The lowest BCUT2D eigenvalue weighted by Crippen LogP contribution is -2.15. The maximum absolute atomic E-state index is 12.9. The molecule has 1 aromatic heterocycles. The van der Waals surface area contributed by atoms with Crippen LogP contribution in [0, 0.1) is 12.7 Å². The van der Waals surface area contributed by atoms with Crippen molar-refractivity contribution in [2.24, 2.45) is 0 Å². The van der Waals surface area contributed by atoms with Gasteiger partial charge < -0.3 is 10.1 Å². The molecular formula is C19H18FN3O2. The van der Waals surface area contributed by atoms with Crippen molar-refractivity contribution in [3.05, 3.63) is 65.6 Å². The molecule has 0 unspecified atom stereocenters. The third-order valence-corrected chi connectivity index (χ3v) is 3.90. The molecule has 0 fully saturated rings. The molecule has 25 heavy (non-hydrogen) atoms. The fourth-order valence-electron chi connectivity index (χ4n) is 2.56. The lowest BCUT2D eigenvalue weighted by molar-refractivity contribution is -0.115. The standard InChI is InChI=1S/C19H18FN3O2/c1-12-17(11-18(24)21-15-7-5-14(20)6-8-15)19(23-22-12)13-3-9-16(25-2)10-4-13/h3-10H,11H2,1-2H3,(H,21,24)(H,22,23). The normalized spacial score (nSPS) is 10.5. The first kappa shape index (κ1) is 16.7. The Morgan fingerprint density at radius 3 is 2.48 bits per heavy atom. The summed E-state index contributed by atoms with van der Waals surface area (Å²) in [6, 6.07) is 13.2. The molecule has 6 heteroatoms.